The van der Waals surface area contributed by atoms with Gasteiger partial charge in [0.1, 0.15) is 11.8 Å². The molecule has 0 heterocycles. The van der Waals surface area contributed by atoms with Gasteiger partial charge in [-0.25, -0.2) is 0 Å². The summed E-state index contributed by atoms with van der Waals surface area (Å²) in [5.41, 5.74) is 5.27. The Hall–Kier alpha value is -1.47. The minimum atomic E-state index is -4.88. The van der Waals surface area contributed by atoms with Crippen molar-refractivity contribution in [2.45, 2.75) is 18.8 Å². The van der Waals surface area contributed by atoms with E-state index in [1.54, 1.807) is 0 Å². The summed E-state index contributed by atoms with van der Waals surface area (Å²) < 4.78 is 40.2. The molecule has 0 radical (unpaired) electrons. The van der Waals surface area contributed by atoms with Gasteiger partial charge in [0.25, 0.3) is 0 Å². The quantitative estimate of drug-likeness (QED) is 0.888. The van der Waals surface area contributed by atoms with Crippen molar-refractivity contribution in [2.75, 3.05) is 0 Å². The van der Waals surface area contributed by atoms with Gasteiger partial charge in [-0.15, -0.1) is 13.2 Å². The Morgan fingerprint density at radius 2 is 2.11 bits per heavy atom. The highest BCUT2D eigenvalue weighted by atomic mass is 35.5. The molecular formula is C10H9ClF3NO3. The second kappa shape index (κ2) is 5.45. The number of nitrogens with two attached hydrogens (primary N) is 1. The normalized spacial score (nSPS) is 13.2. The highest BCUT2D eigenvalue weighted by Crippen LogP contribution is 2.29. The maximum Gasteiger partial charge on any atom is 0.573 e. The molecule has 0 unspecified atom stereocenters. The van der Waals surface area contributed by atoms with E-state index < -0.39 is 24.1 Å². The standard InChI is InChI=1S/C10H9ClF3NO3/c11-6-2-1-5(3-7(15)9(16)17)8(4-6)18-10(12,13)14/h1-2,4,7H,3,15H2,(H,16,17)/t7-/m1/s1. The van der Waals surface area contributed by atoms with Crippen LogP contribution in [0.15, 0.2) is 18.2 Å². The van der Waals surface area contributed by atoms with Crippen LogP contribution in [-0.4, -0.2) is 23.5 Å². The molecule has 1 aromatic carbocycles. The van der Waals surface area contributed by atoms with E-state index in [0.717, 1.165) is 6.07 Å². The Kier molecular flexibility index (Phi) is 4.42. The number of alkyl halides is 3. The molecule has 1 aromatic rings. The van der Waals surface area contributed by atoms with Crippen molar-refractivity contribution in [3.8, 4) is 5.75 Å². The molecule has 18 heavy (non-hydrogen) atoms. The lowest BCUT2D eigenvalue weighted by Gasteiger charge is -2.14. The zero-order valence-corrected chi connectivity index (χ0v) is 9.63. The van der Waals surface area contributed by atoms with Crippen molar-refractivity contribution in [2.24, 2.45) is 5.73 Å². The molecule has 0 aromatic heterocycles. The largest absolute Gasteiger partial charge is 0.573 e. The monoisotopic (exact) mass is 283 g/mol. The van der Waals surface area contributed by atoms with Crippen LogP contribution in [0.25, 0.3) is 0 Å². The SMILES string of the molecule is N[C@H](Cc1ccc(Cl)cc1OC(F)(F)F)C(=O)O. The lowest BCUT2D eigenvalue weighted by atomic mass is 10.1. The topological polar surface area (TPSA) is 72.5 Å². The number of rotatable bonds is 4. The fourth-order valence-electron chi connectivity index (χ4n) is 1.24. The predicted octanol–water partition coefficient (Wildman–Crippen LogP) is 2.19. The van der Waals surface area contributed by atoms with E-state index in [9.17, 15) is 18.0 Å². The van der Waals surface area contributed by atoms with Gasteiger partial charge >= 0.3 is 12.3 Å². The minimum Gasteiger partial charge on any atom is -0.480 e. The number of aliphatic carboxylic acids is 1. The molecule has 8 heteroatoms. The number of carboxylic acids is 1. The molecule has 0 bridgehead atoms. The van der Waals surface area contributed by atoms with Crippen LogP contribution in [-0.2, 0) is 11.2 Å². The molecule has 4 nitrogen and oxygen atoms in total. The van der Waals surface area contributed by atoms with Crippen LogP contribution in [0.2, 0.25) is 5.02 Å². The Morgan fingerprint density at radius 3 is 2.61 bits per heavy atom. The van der Waals surface area contributed by atoms with E-state index >= 15 is 0 Å². The summed E-state index contributed by atoms with van der Waals surface area (Å²) in [6.45, 7) is 0. The molecule has 0 aliphatic rings. The number of hydrogen-bond donors (Lipinski definition) is 2. The van der Waals surface area contributed by atoms with Gasteiger partial charge in [0.2, 0.25) is 0 Å². The van der Waals surface area contributed by atoms with Crippen LogP contribution in [0, 0.1) is 0 Å². The summed E-state index contributed by atoms with van der Waals surface area (Å²) in [6.07, 6.45) is -5.18. The zero-order valence-electron chi connectivity index (χ0n) is 8.87. The summed E-state index contributed by atoms with van der Waals surface area (Å²) in [5, 5.41) is 8.65. The van der Waals surface area contributed by atoms with Crippen molar-refractivity contribution in [3.63, 3.8) is 0 Å². The van der Waals surface area contributed by atoms with Crippen LogP contribution < -0.4 is 10.5 Å². The highest BCUT2D eigenvalue weighted by molar-refractivity contribution is 6.30. The smallest absolute Gasteiger partial charge is 0.480 e. The van der Waals surface area contributed by atoms with E-state index in [2.05, 4.69) is 4.74 Å². The molecule has 100 valence electrons. The number of hydrogen-bond acceptors (Lipinski definition) is 3. The van der Waals surface area contributed by atoms with E-state index in [-0.39, 0.29) is 17.0 Å². The second-order valence-corrected chi connectivity index (χ2v) is 3.89. The van der Waals surface area contributed by atoms with Crippen LogP contribution in [0.5, 0.6) is 5.75 Å². The zero-order chi connectivity index (χ0) is 13.9. The van der Waals surface area contributed by atoms with Gasteiger partial charge in [0.05, 0.1) is 0 Å². The summed E-state index contributed by atoms with van der Waals surface area (Å²) in [7, 11) is 0. The van der Waals surface area contributed by atoms with Gasteiger partial charge < -0.3 is 15.6 Å². The van der Waals surface area contributed by atoms with Crippen molar-refractivity contribution in [1.82, 2.24) is 0 Å². The Bertz CT molecular complexity index is 450. The van der Waals surface area contributed by atoms with Crippen molar-refractivity contribution >= 4 is 17.6 Å². The summed E-state index contributed by atoms with van der Waals surface area (Å²) in [5.74, 6) is -1.87. The molecule has 0 aliphatic heterocycles. The Balaban J connectivity index is 3.00. The van der Waals surface area contributed by atoms with Gasteiger partial charge in [-0.2, -0.15) is 0 Å². The third-order valence-corrected chi connectivity index (χ3v) is 2.25. The summed E-state index contributed by atoms with van der Waals surface area (Å²) >= 11 is 5.55. The number of halogens is 4. The van der Waals surface area contributed by atoms with Crippen LogP contribution in [0.1, 0.15) is 5.56 Å². The summed E-state index contributed by atoms with van der Waals surface area (Å²) in [4.78, 5) is 10.6. The maximum absolute atomic E-state index is 12.1. The predicted molar refractivity (Wildman–Crippen MR) is 57.5 cm³/mol. The average molecular weight is 284 g/mol. The van der Waals surface area contributed by atoms with Crippen molar-refractivity contribution < 1.29 is 27.8 Å². The molecule has 0 spiro atoms. The number of ether oxygens (including phenoxy) is 1. The first kappa shape index (κ1) is 14.6. The molecular weight excluding hydrogens is 275 g/mol. The van der Waals surface area contributed by atoms with Crippen LogP contribution in [0.3, 0.4) is 0 Å². The van der Waals surface area contributed by atoms with Gasteiger partial charge in [-0.1, -0.05) is 17.7 Å². The van der Waals surface area contributed by atoms with Crippen LogP contribution >= 0.6 is 11.6 Å². The Labute approximate surface area is 105 Å². The van der Waals surface area contributed by atoms with Crippen molar-refractivity contribution in [1.29, 1.82) is 0 Å². The number of carbonyl (C=O) groups is 1. The second-order valence-electron chi connectivity index (χ2n) is 3.45. The Morgan fingerprint density at radius 1 is 1.50 bits per heavy atom. The maximum atomic E-state index is 12.1. The first-order valence-electron chi connectivity index (χ1n) is 4.71. The molecule has 3 N–H and O–H groups in total. The van der Waals surface area contributed by atoms with E-state index in [4.69, 9.17) is 22.4 Å². The first-order valence-corrected chi connectivity index (χ1v) is 5.09. The molecule has 1 rings (SSSR count). The summed E-state index contributed by atoms with van der Waals surface area (Å²) in [6, 6.07) is 2.21. The van der Waals surface area contributed by atoms with E-state index in [0.29, 0.717) is 0 Å². The molecule has 0 amide bonds. The fourth-order valence-corrected chi connectivity index (χ4v) is 1.40. The van der Waals surface area contributed by atoms with E-state index in [1.807, 2.05) is 0 Å². The lowest BCUT2D eigenvalue weighted by molar-refractivity contribution is -0.274. The fraction of sp³-hybridized carbons (Fsp3) is 0.300. The van der Waals surface area contributed by atoms with Gasteiger partial charge in [-0.3, -0.25) is 4.79 Å². The first-order chi connectivity index (χ1) is 8.19. The molecule has 1 atom stereocenters. The van der Waals surface area contributed by atoms with Crippen LogP contribution in [0.4, 0.5) is 13.2 Å². The third kappa shape index (κ3) is 4.42. The minimum absolute atomic E-state index is 0.0200. The van der Waals surface area contributed by atoms with Gasteiger partial charge in [-0.05, 0) is 17.7 Å². The molecule has 0 aliphatic carbocycles. The number of carboxylic acid groups (broad SMARTS) is 1. The number of benzene rings is 1. The average Bonchev–Trinajstić information content (AvgIpc) is 2.19. The lowest BCUT2D eigenvalue weighted by Crippen LogP contribution is -2.32. The molecule has 0 saturated heterocycles. The molecule has 0 saturated carbocycles. The highest BCUT2D eigenvalue weighted by Gasteiger charge is 2.32. The van der Waals surface area contributed by atoms with Gasteiger partial charge in [0, 0.05) is 11.4 Å². The van der Waals surface area contributed by atoms with Gasteiger partial charge in [0.15, 0.2) is 0 Å². The van der Waals surface area contributed by atoms with E-state index in [1.165, 1.54) is 12.1 Å². The molecule has 0 fully saturated rings. The van der Waals surface area contributed by atoms with Crippen molar-refractivity contribution in [3.05, 3.63) is 28.8 Å². The third-order valence-electron chi connectivity index (χ3n) is 2.01.